The van der Waals surface area contributed by atoms with E-state index in [0.717, 1.165) is 42.8 Å². The van der Waals surface area contributed by atoms with Crippen LogP contribution in [0.2, 0.25) is 0 Å². The lowest BCUT2D eigenvalue weighted by atomic mass is 10.1. The first-order valence-electron chi connectivity index (χ1n) is 9.05. The van der Waals surface area contributed by atoms with Crippen molar-refractivity contribution < 1.29 is 26.3 Å². The molecule has 1 aromatic heterocycles. The second-order valence-corrected chi connectivity index (χ2v) is 7.27. The fourth-order valence-electron chi connectivity index (χ4n) is 3.66. The van der Waals surface area contributed by atoms with Crippen LogP contribution in [0.25, 0.3) is 11.0 Å². The minimum atomic E-state index is -4.41. The molecule has 1 N–H and O–H groups in total. The molecule has 1 aliphatic rings. The largest absolute Gasteiger partial charge is 0.416 e. The molecule has 0 bridgehead atoms. The van der Waals surface area contributed by atoms with Crippen LogP contribution in [-0.4, -0.2) is 28.0 Å². The molecule has 2 heterocycles. The van der Waals surface area contributed by atoms with Crippen LogP contribution in [0, 0.1) is 0 Å². The Morgan fingerprint density at radius 3 is 2.24 bits per heavy atom. The summed E-state index contributed by atoms with van der Waals surface area (Å²) >= 11 is 0. The van der Waals surface area contributed by atoms with Gasteiger partial charge in [-0.3, -0.25) is 4.90 Å². The highest BCUT2D eigenvalue weighted by molar-refractivity contribution is 5.76. The SMILES string of the molecule is FC(F)(F)c1ccc(CN2CC[C@H](c3nc4ccc(C(F)(F)F)cc4[nH]3)C2)cc1. The van der Waals surface area contributed by atoms with Crippen molar-refractivity contribution in [2.24, 2.45) is 0 Å². The number of hydrogen-bond acceptors (Lipinski definition) is 2. The monoisotopic (exact) mass is 413 g/mol. The van der Waals surface area contributed by atoms with E-state index in [1.54, 1.807) is 0 Å². The van der Waals surface area contributed by atoms with Crippen molar-refractivity contribution in [2.45, 2.75) is 31.2 Å². The van der Waals surface area contributed by atoms with E-state index in [4.69, 9.17) is 0 Å². The summed E-state index contributed by atoms with van der Waals surface area (Å²) in [5.41, 5.74) is 0.194. The van der Waals surface area contributed by atoms with Gasteiger partial charge in [0.15, 0.2) is 0 Å². The molecule has 1 aliphatic heterocycles. The molecule has 0 spiro atoms. The minimum Gasteiger partial charge on any atom is -0.342 e. The van der Waals surface area contributed by atoms with Crippen LogP contribution < -0.4 is 0 Å². The predicted octanol–water partition coefficient (Wildman–Crippen LogP) is 5.59. The molecule has 0 aliphatic carbocycles. The predicted molar refractivity (Wildman–Crippen MR) is 95.2 cm³/mol. The Labute approximate surface area is 162 Å². The quantitative estimate of drug-likeness (QED) is 0.568. The standard InChI is InChI=1S/C20H17F6N3/c21-19(22,23)14-3-1-12(2-4-14)10-29-8-7-13(11-29)18-27-16-6-5-15(20(24,25)26)9-17(16)28-18/h1-6,9,13H,7-8,10-11H2,(H,27,28)/t13-/m0/s1. The molecule has 0 saturated carbocycles. The molecule has 29 heavy (non-hydrogen) atoms. The first kappa shape index (κ1) is 19.8. The number of imidazole rings is 1. The number of rotatable bonds is 3. The maximum absolute atomic E-state index is 12.9. The number of likely N-dealkylation sites (tertiary alicyclic amines) is 1. The van der Waals surface area contributed by atoms with E-state index in [1.807, 2.05) is 0 Å². The zero-order chi connectivity index (χ0) is 20.8. The number of fused-ring (bicyclic) bond motifs is 1. The molecular weight excluding hydrogens is 396 g/mol. The summed E-state index contributed by atoms with van der Waals surface area (Å²) < 4.78 is 76.6. The Kier molecular flexibility index (Phi) is 4.80. The van der Waals surface area contributed by atoms with E-state index in [1.165, 1.54) is 18.2 Å². The van der Waals surface area contributed by atoms with Gasteiger partial charge in [0.2, 0.25) is 0 Å². The Balaban J connectivity index is 1.44. The Morgan fingerprint density at radius 1 is 0.931 bits per heavy atom. The molecule has 3 aromatic rings. The normalized spacial score (nSPS) is 18.6. The summed E-state index contributed by atoms with van der Waals surface area (Å²) in [5.74, 6) is 0.667. The van der Waals surface area contributed by atoms with Gasteiger partial charge in [0, 0.05) is 19.0 Å². The molecule has 1 saturated heterocycles. The molecular formula is C20H17F6N3. The van der Waals surface area contributed by atoms with Gasteiger partial charge < -0.3 is 4.98 Å². The molecule has 1 atom stereocenters. The van der Waals surface area contributed by atoms with E-state index in [9.17, 15) is 26.3 Å². The highest BCUT2D eigenvalue weighted by Gasteiger charge is 2.32. The highest BCUT2D eigenvalue weighted by atomic mass is 19.4. The third-order valence-electron chi connectivity index (χ3n) is 5.17. The van der Waals surface area contributed by atoms with Crippen molar-refractivity contribution in [3.8, 4) is 0 Å². The van der Waals surface area contributed by atoms with E-state index < -0.39 is 23.5 Å². The fourth-order valence-corrected chi connectivity index (χ4v) is 3.66. The summed E-state index contributed by atoms with van der Waals surface area (Å²) in [7, 11) is 0. The maximum atomic E-state index is 12.9. The summed E-state index contributed by atoms with van der Waals surface area (Å²) in [6.07, 6.45) is -8.00. The lowest BCUT2D eigenvalue weighted by Gasteiger charge is -2.16. The zero-order valence-corrected chi connectivity index (χ0v) is 15.1. The van der Waals surface area contributed by atoms with Gasteiger partial charge in [-0.2, -0.15) is 26.3 Å². The number of nitrogens with zero attached hydrogens (tertiary/aromatic N) is 2. The van der Waals surface area contributed by atoms with Gasteiger partial charge in [0.25, 0.3) is 0 Å². The number of aromatic amines is 1. The summed E-state index contributed by atoms with van der Waals surface area (Å²) in [6.45, 7) is 1.87. The number of benzene rings is 2. The van der Waals surface area contributed by atoms with Crippen molar-refractivity contribution >= 4 is 11.0 Å². The van der Waals surface area contributed by atoms with Crippen LogP contribution >= 0.6 is 0 Å². The van der Waals surface area contributed by atoms with Crippen LogP contribution in [0.3, 0.4) is 0 Å². The van der Waals surface area contributed by atoms with Gasteiger partial charge in [0.1, 0.15) is 5.82 Å². The van der Waals surface area contributed by atoms with Crippen LogP contribution in [0.1, 0.15) is 34.9 Å². The lowest BCUT2D eigenvalue weighted by molar-refractivity contribution is -0.138. The van der Waals surface area contributed by atoms with Crippen LogP contribution in [-0.2, 0) is 18.9 Å². The fraction of sp³-hybridized carbons (Fsp3) is 0.350. The van der Waals surface area contributed by atoms with E-state index in [2.05, 4.69) is 14.9 Å². The topological polar surface area (TPSA) is 31.9 Å². The molecule has 1 fully saturated rings. The summed E-state index contributed by atoms with van der Waals surface area (Å²) in [5, 5.41) is 0. The van der Waals surface area contributed by atoms with Crippen molar-refractivity contribution in [1.82, 2.24) is 14.9 Å². The van der Waals surface area contributed by atoms with E-state index >= 15 is 0 Å². The number of aromatic nitrogens is 2. The zero-order valence-electron chi connectivity index (χ0n) is 15.1. The third kappa shape index (κ3) is 4.24. The molecule has 9 heteroatoms. The average molecular weight is 413 g/mol. The van der Waals surface area contributed by atoms with Crippen molar-refractivity contribution in [3.63, 3.8) is 0 Å². The summed E-state index contributed by atoms with van der Waals surface area (Å²) in [6, 6.07) is 8.50. The molecule has 0 amide bonds. The minimum absolute atomic E-state index is 0.0335. The maximum Gasteiger partial charge on any atom is 0.416 e. The van der Waals surface area contributed by atoms with E-state index in [-0.39, 0.29) is 5.92 Å². The molecule has 2 aromatic carbocycles. The number of halogens is 6. The Hall–Kier alpha value is -2.55. The molecule has 4 rings (SSSR count). The first-order valence-corrected chi connectivity index (χ1v) is 9.05. The van der Waals surface area contributed by atoms with Gasteiger partial charge in [-0.1, -0.05) is 12.1 Å². The van der Waals surface area contributed by atoms with Crippen molar-refractivity contribution in [2.75, 3.05) is 13.1 Å². The molecule has 154 valence electrons. The Bertz CT molecular complexity index is 1000. The Morgan fingerprint density at radius 2 is 1.59 bits per heavy atom. The second kappa shape index (κ2) is 7.05. The molecule has 0 radical (unpaired) electrons. The summed E-state index contributed by atoms with van der Waals surface area (Å²) in [4.78, 5) is 9.52. The number of nitrogens with one attached hydrogen (secondary N) is 1. The number of hydrogen-bond donors (Lipinski definition) is 1. The molecule has 3 nitrogen and oxygen atoms in total. The molecule has 0 unspecified atom stereocenters. The van der Waals surface area contributed by atoms with E-state index in [0.29, 0.717) is 29.9 Å². The number of H-pyrrole nitrogens is 1. The van der Waals surface area contributed by atoms with Crippen LogP contribution in [0.5, 0.6) is 0 Å². The van der Waals surface area contributed by atoms with Gasteiger partial charge in [-0.05, 0) is 48.9 Å². The average Bonchev–Trinajstić information content (AvgIpc) is 3.26. The first-order chi connectivity index (χ1) is 13.6. The van der Waals surface area contributed by atoms with Crippen LogP contribution in [0.15, 0.2) is 42.5 Å². The van der Waals surface area contributed by atoms with Gasteiger partial charge >= 0.3 is 12.4 Å². The van der Waals surface area contributed by atoms with Crippen molar-refractivity contribution in [1.29, 1.82) is 0 Å². The lowest BCUT2D eigenvalue weighted by Crippen LogP contribution is -2.20. The highest BCUT2D eigenvalue weighted by Crippen LogP contribution is 2.33. The third-order valence-corrected chi connectivity index (χ3v) is 5.17. The smallest absolute Gasteiger partial charge is 0.342 e. The second-order valence-electron chi connectivity index (χ2n) is 7.27. The van der Waals surface area contributed by atoms with Gasteiger partial charge in [-0.25, -0.2) is 4.98 Å². The number of alkyl halides is 6. The van der Waals surface area contributed by atoms with Gasteiger partial charge in [-0.15, -0.1) is 0 Å². The van der Waals surface area contributed by atoms with Crippen molar-refractivity contribution in [3.05, 3.63) is 65.0 Å². The van der Waals surface area contributed by atoms with Crippen LogP contribution in [0.4, 0.5) is 26.3 Å². The van der Waals surface area contributed by atoms with Gasteiger partial charge in [0.05, 0.1) is 22.2 Å².